The topological polar surface area (TPSA) is 92.5 Å². The molecule has 2 aliphatic rings. The highest BCUT2D eigenvalue weighted by Crippen LogP contribution is 2.54. The van der Waals surface area contributed by atoms with Gasteiger partial charge in [0.15, 0.2) is 0 Å². The van der Waals surface area contributed by atoms with E-state index in [0.29, 0.717) is 0 Å². The van der Waals surface area contributed by atoms with E-state index in [4.69, 9.17) is 0 Å². The molecule has 3 aromatic carbocycles. The number of non-ortho nitro benzene ring substituents is 1. The highest BCUT2D eigenvalue weighted by Gasteiger charge is 2.44. The van der Waals surface area contributed by atoms with Gasteiger partial charge in [0.25, 0.3) is 5.69 Å². The predicted molar refractivity (Wildman–Crippen MR) is 108 cm³/mol. The normalized spacial score (nSPS) is 21.4. The summed E-state index contributed by atoms with van der Waals surface area (Å²) in [5, 5.41) is 24.5. The van der Waals surface area contributed by atoms with Gasteiger partial charge < -0.3 is 10.4 Å². The van der Waals surface area contributed by atoms with E-state index < -0.39 is 5.97 Å². The summed E-state index contributed by atoms with van der Waals surface area (Å²) in [6.45, 7) is 0. The van der Waals surface area contributed by atoms with Gasteiger partial charge >= 0.3 is 5.97 Å². The number of hydrogen-bond acceptors (Lipinski definition) is 4. The van der Waals surface area contributed by atoms with Gasteiger partial charge in [0.2, 0.25) is 0 Å². The summed E-state index contributed by atoms with van der Waals surface area (Å²) in [4.78, 5) is 22.8. The first-order valence-electron chi connectivity index (χ1n) is 9.49. The van der Waals surface area contributed by atoms with Gasteiger partial charge in [0, 0.05) is 23.7 Å². The number of nitrogens with one attached hydrogen (secondary N) is 1. The van der Waals surface area contributed by atoms with Crippen LogP contribution in [0.1, 0.15) is 44.6 Å². The van der Waals surface area contributed by atoms with Crippen LogP contribution < -0.4 is 5.32 Å². The number of anilines is 1. The second-order valence-electron chi connectivity index (χ2n) is 7.59. The molecule has 29 heavy (non-hydrogen) atoms. The number of nitrogens with zero attached hydrogens (tertiary/aromatic N) is 1. The molecule has 0 amide bonds. The van der Waals surface area contributed by atoms with Crippen LogP contribution in [0.3, 0.4) is 0 Å². The maximum Gasteiger partial charge on any atom is 0.336 e. The van der Waals surface area contributed by atoms with Crippen LogP contribution >= 0.6 is 0 Å². The SMILES string of the molecule is O=C(O)c1ccccc1C1Nc2ccc([N+](=O)[O-])cc2C2c3ccccc3CC12. The smallest absolute Gasteiger partial charge is 0.336 e. The number of hydrogen-bond donors (Lipinski definition) is 2. The third kappa shape index (κ3) is 2.68. The predicted octanol–water partition coefficient (Wildman–Crippen LogP) is 4.76. The van der Waals surface area contributed by atoms with Crippen LogP contribution in [0.2, 0.25) is 0 Å². The standard InChI is InChI=1S/C23H18N2O4/c26-23(27)17-8-4-3-7-16(17)22-19-11-13-5-1-2-6-15(13)21(19)18-12-14(25(28)29)9-10-20(18)24-22/h1-10,12,19,21-22,24H,11H2,(H,26,27). The number of aromatic carboxylic acids is 1. The van der Waals surface area contributed by atoms with Crippen molar-refractivity contribution in [2.24, 2.45) is 5.92 Å². The lowest BCUT2D eigenvalue weighted by molar-refractivity contribution is -0.384. The van der Waals surface area contributed by atoms with E-state index in [2.05, 4.69) is 17.4 Å². The Morgan fingerprint density at radius 3 is 2.48 bits per heavy atom. The van der Waals surface area contributed by atoms with E-state index in [0.717, 1.165) is 23.2 Å². The second kappa shape index (κ2) is 6.44. The van der Waals surface area contributed by atoms with Gasteiger partial charge in [-0.2, -0.15) is 0 Å². The summed E-state index contributed by atoms with van der Waals surface area (Å²) in [7, 11) is 0. The largest absolute Gasteiger partial charge is 0.478 e. The molecule has 3 atom stereocenters. The Labute approximate surface area is 167 Å². The van der Waals surface area contributed by atoms with Crippen molar-refractivity contribution >= 4 is 17.3 Å². The second-order valence-corrected chi connectivity index (χ2v) is 7.59. The highest BCUT2D eigenvalue weighted by atomic mass is 16.6. The molecule has 0 spiro atoms. The van der Waals surface area contributed by atoms with E-state index in [1.165, 1.54) is 17.2 Å². The lowest BCUT2D eigenvalue weighted by atomic mass is 9.75. The molecule has 5 rings (SSSR count). The monoisotopic (exact) mass is 386 g/mol. The summed E-state index contributed by atoms with van der Waals surface area (Å²) < 4.78 is 0. The van der Waals surface area contributed by atoms with Crippen molar-refractivity contribution in [1.29, 1.82) is 0 Å². The zero-order valence-electron chi connectivity index (χ0n) is 15.4. The van der Waals surface area contributed by atoms with Crippen molar-refractivity contribution in [3.8, 4) is 0 Å². The zero-order chi connectivity index (χ0) is 20.1. The molecular formula is C23H18N2O4. The molecule has 0 saturated heterocycles. The maximum atomic E-state index is 11.8. The fourth-order valence-electron chi connectivity index (χ4n) is 4.93. The van der Waals surface area contributed by atoms with Crippen LogP contribution in [-0.4, -0.2) is 16.0 Å². The van der Waals surface area contributed by atoms with Crippen LogP contribution in [0.25, 0.3) is 0 Å². The lowest BCUT2D eigenvalue weighted by Crippen LogP contribution is -2.31. The molecule has 0 bridgehead atoms. The minimum atomic E-state index is -0.955. The molecule has 1 heterocycles. The molecule has 144 valence electrons. The first-order valence-corrected chi connectivity index (χ1v) is 9.49. The molecule has 6 heteroatoms. The summed E-state index contributed by atoms with van der Waals surface area (Å²) >= 11 is 0. The maximum absolute atomic E-state index is 11.8. The van der Waals surface area contributed by atoms with Crippen molar-refractivity contribution in [3.05, 3.63) is 105 Å². The number of nitro benzene ring substituents is 1. The van der Waals surface area contributed by atoms with Gasteiger partial charge in [-0.15, -0.1) is 0 Å². The number of nitro groups is 1. The van der Waals surface area contributed by atoms with E-state index in [-0.39, 0.29) is 34.1 Å². The molecule has 0 saturated carbocycles. The van der Waals surface area contributed by atoms with Crippen LogP contribution in [0.5, 0.6) is 0 Å². The average molecular weight is 386 g/mol. The number of carbonyl (C=O) groups is 1. The highest BCUT2D eigenvalue weighted by molar-refractivity contribution is 5.90. The van der Waals surface area contributed by atoms with Crippen molar-refractivity contribution in [2.45, 2.75) is 18.4 Å². The fourth-order valence-corrected chi connectivity index (χ4v) is 4.93. The Hall–Kier alpha value is -3.67. The van der Waals surface area contributed by atoms with Crippen molar-refractivity contribution in [2.75, 3.05) is 5.32 Å². The molecule has 1 aliphatic carbocycles. The Kier molecular flexibility index (Phi) is 3.87. The van der Waals surface area contributed by atoms with Crippen LogP contribution in [0, 0.1) is 16.0 Å². The summed E-state index contributed by atoms with van der Waals surface area (Å²) in [6, 6.07) is 19.9. The zero-order valence-corrected chi connectivity index (χ0v) is 15.4. The van der Waals surface area contributed by atoms with Gasteiger partial charge in [-0.3, -0.25) is 10.1 Å². The third-order valence-corrected chi connectivity index (χ3v) is 6.12. The van der Waals surface area contributed by atoms with Crippen LogP contribution in [0.4, 0.5) is 11.4 Å². The number of rotatable bonds is 3. The Balaban J connectivity index is 1.71. The minimum absolute atomic E-state index is 0.0193. The Morgan fingerprint density at radius 2 is 1.72 bits per heavy atom. The quantitative estimate of drug-likeness (QED) is 0.500. The first-order chi connectivity index (χ1) is 14.0. The molecular weight excluding hydrogens is 368 g/mol. The summed E-state index contributed by atoms with van der Waals surface area (Å²) in [5.74, 6) is -0.902. The number of benzene rings is 3. The average Bonchev–Trinajstić information content (AvgIpc) is 3.12. The summed E-state index contributed by atoms with van der Waals surface area (Å²) in [5.41, 5.74) is 5.19. The molecule has 0 radical (unpaired) electrons. The molecule has 0 aromatic heterocycles. The van der Waals surface area contributed by atoms with Crippen molar-refractivity contribution in [3.63, 3.8) is 0 Å². The molecule has 2 N–H and O–H groups in total. The van der Waals surface area contributed by atoms with Gasteiger partial charge in [-0.05, 0) is 46.7 Å². The van der Waals surface area contributed by atoms with Crippen LogP contribution in [0.15, 0.2) is 66.7 Å². The lowest BCUT2D eigenvalue weighted by Gasteiger charge is -2.38. The molecule has 6 nitrogen and oxygen atoms in total. The van der Waals surface area contributed by atoms with E-state index >= 15 is 0 Å². The minimum Gasteiger partial charge on any atom is -0.478 e. The van der Waals surface area contributed by atoms with Crippen molar-refractivity contribution < 1.29 is 14.8 Å². The van der Waals surface area contributed by atoms with Crippen molar-refractivity contribution in [1.82, 2.24) is 0 Å². The fraction of sp³-hybridized carbons (Fsp3) is 0.174. The van der Waals surface area contributed by atoms with Gasteiger partial charge in [0.05, 0.1) is 16.5 Å². The van der Waals surface area contributed by atoms with E-state index in [1.54, 1.807) is 24.3 Å². The number of fused-ring (bicyclic) bond motifs is 5. The Morgan fingerprint density at radius 1 is 1.00 bits per heavy atom. The van der Waals surface area contributed by atoms with Crippen LogP contribution in [-0.2, 0) is 6.42 Å². The third-order valence-electron chi connectivity index (χ3n) is 6.12. The van der Waals surface area contributed by atoms with Gasteiger partial charge in [-0.1, -0.05) is 42.5 Å². The Bertz CT molecular complexity index is 1160. The first kappa shape index (κ1) is 17.4. The van der Waals surface area contributed by atoms with Gasteiger partial charge in [0.1, 0.15) is 0 Å². The number of carboxylic acid groups (broad SMARTS) is 1. The van der Waals surface area contributed by atoms with E-state index in [1.807, 2.05) is 24.3 Å². The van der Waals surface area contributed by atoms with E-state index in [9.17, 15) is 20.0 Å². The molecule has 3 unspecified atom stereocenters. The molecule has 3 aromatic rings. The summed E-state index contributed by atoms with van der Waals surface area (Å²) in [6.07, 6.45) is 0.786. The number of carboxylic acids is 1. The van der Waals surface area contributed by atoms with Gasteiger partial charge in [-0.25, -0.2) is 4.79 Å². The molecule has 1 aliphatic heterocycles. The molecule has 0 fully saturated rings.